The maximum Gasteiger partial charge on any atom is 0.259 e. The SMILES string of the molecule is COCC12CN(S(=O)(=O)c3cc4cc(Cl)ccc4[nH]3)CC(=O)N1CC1(CCN(C(=O)CN(C)C)CC1)N2C. The summed E-state index contributed by atoms with van der Waals surface area (Å²) in [5.41, 5.74) is -0.680. The minimum atomic E-state index is -4.01. The molecule has 2 aromatic rings. The molecule has 0 saturated carbocycles. The number of H-pyrrole nitrogens is 1. The molecule has 3 aliphatic rings. The molecule has 1 unspecified atom stereocenters. The number of nitrogens with zero attached hydrogens (tertiary/aromatic N) is 5. The van der Waals surface area contributed by atoms with E-state index in [1.165, 1.54) is 4.31 Å². The summed E-state index contributed by atoms with van der Waals surface area (Å²) < 4.78 is 34.4. The normalized spacial score (nSPS) is 24.6. The van der Waals surface area contributed by atoms with Crippen molar-refractivity contribution in [2.24, 2.45) is 0 Å². The van der Waals surface area contributed by atoms with Crippen LogP contribution in [0.4, 0.5) is 0 Å². The summed E-state index contributed by atoms with van der Waals surface area (Å²) >= 11 is 6.09. The first-order valence-electron chi connectivity index (χ1n) is 12.7. The van der Waals surface area contributed by atoms with Crippen LogP contribution in [0.25, 0.3) is 10.9 Å². The van der Waals surface area contributed by atoms with Crippen LogP contribution in [-0.2, 0) is 24.3 Å². The first kappa shape index (κ1) is 27.4. The van der Waals surface area contributed by atoms with Gasteiger partial charge in [0, 0.05) is 48.2 Å². The van der Waals surface area contributed by atoms with Crippen LogP contribution in [0.5, 0.6) is 0 Å². The molecule has 5 rings (SSSR count). The predicted molar refractivity (Wildman–Crippen MR) is 143 cm³/mol. The molecule has 0 bridgehead atoms. The van der Waals surface area contributed by atoms with Crippen molar-refractivity contribution in [2.75, 3.05) is 74.1 Å². The molecule has 2 amide bonds. The van der Waals surface area contributed by atoms with Crippen LogP contribution in [0.3, 0.4) is 0 Å². The van der Waals surface area contributed by atoms with E-state index in [1.807, 2.05) is 30.9 Å². The van der Waals surface area contributed by atoms with E-state index in [2.05, 4.69) is 9.88 Å². The number of aromatic amines is 1. The van der Waals surface area contributed by atoms with E-state index < -0.39 is 15.7 Å². The predicted octanol–water partition coefficient (Wildman–Crippen LogP) is 0.865. The number of amides is 2. The van der Waals surface area contributed by atoms with Crippen LogP contribution in [0.15, 0.2) is 29.3 Å². The number of sulfonamides is 1. The molecule has 38 heavy (non-hydrogen) atoms. The molecule has 1 atom stereocenters. The molecule has 3 aliphatic heterocycles. The fraction of sp³-hybridized carbons (Fsp3) is 0.600. The Kier molecular flexibility index (Phi) is 7.02. The molecule has 0 radical (unpaired) electrons. The topological polar surface area (TPSA) is 109 Å². The van der Waals surface area contributed by atoms with Gasteiger partial charge in [0.2, 0.25) is 11.8 Å². The molecule has 3 fully saturated rings. The number of ether oxygens (including phenoxy) is 1. The number of methoxy groups -OCH3 is 1. The van der Waals surface area contributed by atoms with E-state index in [0.717, 1.165) is 0 Å². The lowest BCUT2D eigenvalue weighted by atomic mass is 9.86. The largest absolute Gasteiger partial charge is 0.381 e. The van der Waals surface area contributed by atoms with Gasteiger partial charge in [-0.3, -0.25) is 14.5 Å². The molecule has 13 heteroatoms. The van der Waals surface area contributed by atoms with E-state index in [9.17, 15) is 18.0 Å². The van der Waals surface area contributed by atoms with E-state index in [1.54, 1.807) is 36.3 Å². The monoisotopic (exact) mass is 566 g/mol. The molecule has 11 nitrogen and oxygen atoms in total. The van der Waals surface area contributed by atoms with Crippen LogP contribution in [0.1, 0.15) is 12.8 Å². The lowest BCUT2D eigenvalue weighted by Crippen LogP contribution is -2.70. The third kappa shape index (κ3) is 4.40. The van der Waals surface area contributed by atoms with Gasteiger partial charge in [-0.15, -0.1) is 0 Å². The Labute approximate surface area is 228 Å². The molecule has 1 spiro atoms. The van der Waals surface area contributed by atoms with E-state index in [0.29, 0.717) is 54.9 Å². The Morgan fingerprint density at radius 2 is 1.89 bits per heavy atom. The van der Waals surface area contributed by atoms with Crippen molar-refractivity contribution in [1.29, 1.82) is 0 Å². The summed E-state index contributed by atoms with van der Waals surface area (Å²) in [6.45, 7) is 1.99. The number of hydrogen-bond acceptors (Lipinski definition) is 7. The fourth-order valence-electron chi connectivity index (χ4n) is 6.27. The van der Waals surface area contributed by atoms with Crippen molar-refractivity contribution >= 4 is 44.3 Å². The van der Waals surface area contributed by atoms with E-state index in [4.69, 9.17) is 16.3 Å². The highest BCUT2D eigenvalue weighted by atomic mass is 35.5. The van der Waals surface area contributed by atoms with Crippen molar-refractivity contribution in [2.45, 2.75) is 29.1 Å². The van der Waals surface area contributed by atoms with Gasteiger partial charge in [0.15, 0.2) is 0 Å². The average Bonchev–Trinajstić information content (AvgIpc) is 3.38. The highest BCUT2D eigenvalue weighted by Gasteiger charge is 2.63. The van der Waals surface area contributed by atoms with Crippen LogP contribution < -0.4 is 0 Å². The number of aromatic nitrogens is 1. The van der Waals surface area contributed by atoms with Crippen LogP contribution in [-0.4, -0.2) is 134 Å². The Hall–Kier alpha value is -2.22. The van der Waals surface area contributed by atoms with Gasteiger partial charge in [0.25, 0.3) is 10.0 Å². The zero-order valence-electron chi connectivity index (χ0n) is 22.2. The second kappa shape index (κ2) is 9.76. The van der Waals surface area contributed by atoms with Crippen molar-refractivity contribution < 1.29 is 22.7 Å². The summed E-state index contributed by atoms with van der Waals surface area (Å²) in [5, 5.41) is 1.21. The smallest absolute Gasteiger partial charge is 0.259 e. The van der Waals surface area contributed by atoms with Crippen LogP contribution in [0.2, 0.25) is 5.02 Å². The number of carbonyl (C=O) groups excluding carboxylic acids is 2. The summed E-state index contributed by atoms with van der Waals surface area (Å²) in [6, 6.07) is 6.68. The van der Waals surface area contributed by atoms with Gasteiger partial charge in [0.05, 0.1) is 26.2 Å². The zero-order valence-corrected chi connectivity index (χ0v) is 23.8. The minimum absolute atomic E-state index is 0.0201. The first-order valence-corrected chi connectivity index (χ1v) is 14.5. The van der Waals surface area contributed by atoms with E-state index >= 15 is 0 Å². The number of benzene rings is 1. The minimum Gasteiger partial charge on any atom is -0.381 e. The van der Waals surface area contributed by atoms with Crippen molar-refractivity contribution in [3.63, 3.8) is 0 Å². The quantitative estimate of drug-likeness (QED) is 0.552. The Morgan fingerprint density at radius 1 is 1.18 bits per heavy atom. The maximum atomic E-state index is 13.8. The van der Waals surface area contributed by atoms with Crippen LogP contribution >= 0.6 is 11.6 Å². The molecule has 0 aliphatic carbocycles. The van der Waals surface area contributed by atoms with E-state index in [-0.39, 0.29) is 42.1 Å². The second-order valence-corrected chi connectivity index (χ2v) is 13.3. The number of likely N-dealkylation sites (tertiary alicyclic amines) is 1. The van der Waals surface area contributed by atoms with Gasteiger partial charge in [0.1, 0.15) is 10.7 Å². The number of rotatable bonds is 6. The Bertz CT molecular complexity index is 1360. The number of halogens is 1. The van der Waals surface area contributed by atoms with Crippen molar-refractivity contribution in [1.82, 2.24) is 28.9 Å². The summed E-state index contributed by atoms with van der Waals surface area (Å²) in [4.78, 5) is 36.9. The number of piperidine rings is 1. The number of fused-ring (bicyclic) bond motifs is 2. The summed E-state index contributed by atoms with van der Waals surface area (Å²) in [7, 11) is 3.24. The first-order chi connectivity index (χ1) is 17.9. The van der Waals surface area contributed by atoms with Crippen molar-refractivity contribution in [3.8, 4) is 0 Å². The number of carbonyl (C=O) groups is 2. The summed E-state index contributed by atoms with van der Waals surface area (Å²) in [5.74, 6) is -0.173. The van der Waals surface area contributed by atoms with Gasteiger partial charge < -0.3 is 24.4 Å². The standard InChI is InChI=1S/C25H35ClN6O5S/c1-28(2)13-22(33)30-9-7-24(8-10-30)15-32-23(34)14-31(16-25(32,17-37-4)29(24)3)38(35,36)21-12-18-11-19(26)5-6-20(18)27-21/h5-6,11-12,27H,7-10,13-17H2,1-4H3. The highest BCUT2D eigenvalue weighted by Crippen LogP contribution is 2.45. The molecule has 1 aromatic carbocycles. The average molecular weight is 567 g/mol. The number of piperazine rings is 1. The Balaban J connectivity index is 1.43. The number of nitrogens with one attached hydrogen (secondary N) is 1. The number of hydrogen-bond donors (Lipinski definition) is 1. The molecule has 208 valence electrons. The lowest BCUT2D eigenvalue weighted by Gasteiger charge is -2.50. The van der Waals surface area contributed by atoms with Gasteiger partial charge in [-0.1, -0.05) is 11.6 Å². The highest BCUT2D eigenvalue weighted by molar-refractivity contribution is 7.89. The molecule has 1 aromatic heterocycles. The lowest BCUT2D eigenvalue weighted by molar-refractivity contribution is -0.152. The zero-order chi connectivity index (χ0) is 27.5. The van der Waals surface area contributed by atoms with Crippen LogP contribution in [0, 0.1) is 0 Å². The van der Waals surface area contributed by atoms with Gasteiger partial charge in [-0.05, 0) is 58.3 Å². The molecule has 3 saturated heterocycles. The Morgan fingerprint density at radius 3 is 2.55 bits per heavy atom. The number of likely N-dealkylation sites (N-methyl/N-ethyl adjacent to an activating group) is 2. The van der Waals surface area contributed by atoms with Gasteiger partial charge in [-0.25, -0.2) is 8.42 Å². The molecule has 1 N–H and O–H groups in total. The molecular formula is C25H35ClN6O5S. The molecular weight excluding hydrogens is 532 g/mol. The second-order valence-electron chi connectivity index (χ2n) is 10.9. The van der Waals surface area contributed by atoms with Gasteiger partial charge in [-0.2, -0.15) is 4.31 Å². The maximum absolute atomic E-state index is 13.8. The van der Waals surface area contributed by atoms with Crippen molar-refractivity contribution in [3.05, 3.63) is 29.3 Å². The third-order valence-electron chi connectivity index (χ3n) is 8.38. The fourth-order valence-corrected chi connectivity index (χ4v) is 7.90. The third-order valence-corrected chi connectivity index (χ3v) is 10.3. The molecule has 4 heterocycles. The summed E-state index contributed by atoms with van der Waals surface area (Å²) in [6.07, 6.45) is 1.38. The van der Waals surface area contributed by atoms with Gasteiger partial charge >= 0.3 is 0 Å².